The Balaban J connectivity index is 2.20. The van der Waals surface area contributed by atoms with Crippen LogP contribution in [0.15, 0.2) is 15.7 Å². The molecule has 108 valence electrons. The number of hydrogen-bond acceptors (Lipinski definition) is 5. The van der Waals surface area contributed by atoms with E-state index in [4.69, 9.17) is 4.74 Å². The number of hydrogen-bond donors (Lipinski definition) is 1. The summed E-state index contributed by atoms with van der Waals surface area (Å²) in [7, 11) is -1.54. The van der Waals surface area contributed by atoms with Crippen molar-refractivity contribution in [3.8, 4) is 0 Å². The molecule has 0 radical (unpaired) electrons. The summed E-state index contributed by atoms with van der Waals surface area (Å²) in [5.41, 5.74) is 1.00. The third kappa shape index (κ3) is 3.35. The zero-order chi connectivity index (χ0) is 14.0. The molecule has 1 aliphatic heterocycles. The van der Waals surface area contributed by atoms with E-state index in [0.717, 1.165) is 5.56 Å². The fourth-order valence-corrected chi connectivity index (χ4v) is 5.19. The Kier molecular flexibility index (Phi) is 4.62. The number of nitrogens with zero attached hydrogens (tertiary/aromatic N) is 1. The van der Waals surface area contributed by atoms with Gasteiger partial charge in [-0.1, -0.05) is 0 Å². The van der Waals surface area contributed by atoms with Gasteiger partial charge in [0.15, 0.2) is 0 Å². The quantitative estimate of drug-likeness (QED) is 0.910. The molecule has 0 spiro atoms. The molecular weight excluding hydrogens is 284 g/mol. The number of thiophene rings is 1. The molecule has 2 rings (SSSR count). The average molecular weight is 304 g/mol. The molecule has 0 saturated carbocycles. The summed E-state index contributed by atoms with van der Waals surface area (Å²) in [6, 6.07) is 1.75. The topological polar surface area (TPSA) is 58.6 Å². The van der Waals surface area contributed by atoms with Crippen LogP contribution in [0.1, 0.15) is 19.4 Å². The largest absolute Gasteiger partial charge is 0.373 e. The predicted molar refractivity (Wildman–Crippen MR) is 75.9 cm³/mol. The second-order valence-corrected chi connectivity index (χ2v) is 7.96. The van der Waals surface area contributed by atoms with Crippen molar-refractivity contribution < 1.29 is 13.2 Å². The molecule has 1 aromatic heterocycles. The average Bonchev–Trinajstić information content (AvgIpc) is 2.77. The van der Waals surface area contributed by atoms with Crippen molar-refractivity contribution in [1.29, 1.82) is 0 Å². The first-order valence-electron chi connectivity index (χ1n) is 6.31. The standard InChI is InChI=1S/C12H20N2O3S2/c1-9-6-14(7-10(2)17-9)19(15,16)12-4-11(5-13-3)8-18-12/h4,8-10,13H,5-7H2,1-3H3/t9-,10+. The van der Waals surface area contributed by atoms with Crippen LogP contribution in [0.5, 0.6) is 0 Å². The highest BCUT2D eigenvalue weighted by Gasteiger charge is 2.32. The van der Waals surface area contributed by atoms with Crippen LogP contribution in [0.3, 0.4) is 0 Å². The van der Waals surface area contributed by atoms with Gasteiger partial charge < -0.3 is 10.1 Å². The van der Waals surface area contributed by atoms with Crippen molar-refractivity contribution in [2.24, 2.45) is 0 Å². The van der Waals surface area contributed by atoms with E-state index in [9.17, 15) is 8.42 Å². The molecule has 0 bridgehead atoms. The minimum atomic E-state index is -3.38. The molecule has 5 nitrogen and oxygen atoms in total. The first-order valence-corrected chi connectivity index (χ1v) is 8.63. The predicted octanol–water partition coefficient (Wildman–Crippen LogP) is 1.27. The van der Waals surface area contributed by atoms with Gasteiger partial charge in [-0.15, -0.1) is 11.3 Å². The number of morpholine rings is 1. The highest BCUT2D eigenvalue weighted by atomic mass is 32.2. The molecule has 19 heavy (non-hydrogen) atoms. The molecule has 0 unspecified atom stereocenters. The van der Waals surface area contributed by atoms with Crippen LogP contribution in [-0.2, 0) is 21.3 Å². The Bertz CT molecular complexity index is 517. The third-order valence-corrected chi connectivity index (χ3v) is 6.29. The summed E-state index contributed by atoms with van der Waals surface area (Å²) in [6.45, 7) is 5.33. The third-order valence-electron chi connectivity index (χ3n) is 2.99. The lowest BCUT2D eigenvalue weighted by molar-refractivity contribution is -0.0440. The summed E-state index contributed by atoms with van der Waals surface area (Å²) >= 11 is 1.28. The maximum atomic E-state index is 12.6. The van der Waals surface area contributed by atoms with E-state index in [1.165, 1.54) is 15.6 Å². The highest BCUT2D eigenvalue weighted by Crippen LogP contribution is 2.26. The summed E-state index contributed by atoms with van der Waals surface area (Å²) in [5, 5.41) is 4.91. The summed E-state index contributed by atoms with van der Waals surface area (Å²) in [4.78, 5) is 0. The number of rotatable bonds is 4. The van der Waals surface area contributed by atoms with Crippen molar-refractivity contribution in [3.05, 3.63) is 17.0 Å². The fraction of sp³-hybridized carbons (Fsp3) is 0.667. The van der Waals surface area contributed by atoms with E-state index in [-0.39, 0.29) is 12.2 Å². The molecule has 0 amide bonds. The van der Waals surface area contributed by atoms with E-state index in [2.05, 4.69) is 5.32 Å². The lowest BCUT2D eigenvalue weighted by atomic mass is 10.3. The number of sulfonamides is 1. The number of nitrogens with one attached hydrogen (secondary N) is 1. The Morgan fingerprint density at radius 2 is 2.05 bits per heavy atom. The van der Waals surface area contributed by atoms with E-state index < -0.39 is 10.0 Å². The van der Waals surface area contributed by atoms with Crippen molar-refractivity contribution in [3.63, 3.8) is 0 Å². The molecule has 1 saturated heterocycles. The Morgan fingerprint density at radius 3 is 2.63 bits per heavy atom. The molecule has 1 aliphatic rings. The van der Waals surface area contributed by atoms with Crippen LogP contribution in [-0.4, -0.2) is 45.1 Å². The van der Waals surface area contributed by atoms with Gasteiger partial charge in [-0.2, -0.15) is 4.31 Å². The molecular formula is C12H20N2O3S2. The SMILES string of the molecule is CNCc1csc(S(=O)(=O)N2C[C@@H](C)O[C@@H](C)C2)c1. The van der Waals surface area contributed by atoms with Crippen LogP contribution in [0.2, 0.25) is 0 Å². The summed E-state index contributed by atoms with van der Waals surface area (Å²) in [5.74, 6) is 0. The second-order valence-electron chi connectivity index (χ2n) is 4.88. The monoisotopic (exact) mass is 304 g/mol. The zero-order valence-electron chi connectivity index (χ0n) is 11.4. The van der Waals surface area contributed by atoms with Gasteiger partial charge in [0.1, 0.15) is 4.21 Å². The summed E-state index contributed by atoms with van der Waals surface area (Å²) in [6.07, 6.45) is -0.120. The van der Waals surface area contributed by atoms with Crippen LogP contribution < -0.4 is 5.32 Å². The molecule has 2 heterocycles. The molecule has 1 aromatic rings. The first-order chi connectivity index (χ1) is 8.93. The molecule has 0 aliphatic carbocycles. The van der Waals surface area contributed by atoms with Gasteiger partial charge in [0.25, 0.3) is 10.0 Å². The minimum Gasteiger partial charge on any atom is -0.373 e. The molecule has 0 aromatic carbocycles. The lowest BCUT2D eigenvalue weighted by Crippen LogP contribution is -2.47. The van der Waals surface area contributed by atoms with E-state index >= 15 is 0 Å². The van der Waals surface area contributed by atoms with E-state index in [1.54, 1.807) is 6.07 Å². The van der Waals surface area contributed by atoms with Crippen LogP contribution in [0.4, 0.5) is 0 Å². The van der Waals surface area contributed by atoms with Gasteiger partial charge in [0.05, 0.1) is 12.2 Å². The molecule has 1 fully saturated rings. The smallest absolute Gasteiger partial charge is 0.252 e. The maximum absolute atomic E-state index is 12.6. The van der Waals surface area contributed by atoms with Gasteiger partial charge in [0, 0.05) is 19.6 Å². The highest BCUT2D eigenvalue weighted by molar-refractivity contribution is 7.91. The first kappa shape index (κ1) is 14.9. The van der Waals surface area contributed by atoms with Crippen molar-refractivity contribution in [2.75, 3.05) is 20.1 Å². The Morgan fingerprint density at radius 1 is 1.42 bits per heavy atom. The van der Waals surface area contributed by atoms with E-state index in [0.29, 0.717) is 23.8 Å². The Hall–Kier alpha value is -0.470. The zero-order valence-corrected chi connectivity index (χ0v) is 13.1. The maximum Gasteiger partial charge on any atom is 0.252 e. The van der Waals surface area contributed by atoms with Crippen LogP contribution in [0, 0.1) is 0 Å². The second kappa shape index (κ2) is 5.88. The van der Waals surface area contributed by atoms with E-state index in [1.807, 2.05) is 26.3 Å². The molecule has 2 atom stereocenters. The van der Waals surface area contributed by atoms with Gasteiger partial charge >= 0.3 is 0 Å². The fourth-order valence-electron chi connectivity index (χ4n) is 2.24. The van der Waals surface area contributed by atoms with Crippen molar-refractivity contribution in [2.45, 2.75) is 36.8 Å². The molecule has 7 heteroatoms. The normalized spacial score (nSPS) is 25.6. The van der Waals surface area contributed by atoms with Gasteiger partial charge in [0.2, 0.25) is 0 Å². The van der Waals surface area contributed by atoms with Crippen molar-refractivity contribution in [1.82, 2.24) is 9.62 Å². The Labute approximate surface area is 118 Å². The van der Waals surface area contributed by atoms with Crippen molar-refractivity contribution >= 4 is 21.4 Å². The summed E-state index contributed by atoms with van der Waals surface area (Å²) < 4.78 is 32.6. The minimum absolute atomic E-state index is 0.0599. The lowest BCUT2D eigenvalue weighted by Gasteiger charge is -2.34. The van der Waals surface area contributed by atoms with Crippen LogP contribution in [0.25, 0.3) is 0 Å². The molecule has 1 N–H and O–H groups in total. The van der Waals surface area contributed by atoms with Gasteiger partial charge in [-0.25, -0.2) is 8.42 Å². The van der Waals surface area contributed by atoms with Crippen LogP contribution >= 0.6 is 11.3 Å². The number of ether oxygens (including phenoxy) is 1. The van der Waals surface area contributed by atoms with Gasteiger partial charge in [-0.3, -0.25) is 0 Å². The van der Waals surface area contributed by atoms with Gasteiger partial charge in [-0.05, 0) is 37.9 Å².